The lowest BCUT2D eigenvalue weighted by Crippen LogP contribution is -2.14. The number of nitrogens with zero attached hydrogens (tertiary/aromatic N) is 1. The fourth-order valence-electron chi connectivity index (χ4n) is 1.31. The number of carbonyl (C=O) groups excluding carboxylic acids is 1. The Bertz CT molecular complexity index is 322. The lowest BCUT2D eigenvalue weighted by molar-refractivity contribution is 0.0598. The van der Waals surface area contributed by atoms with Gasteiger partial charge in [-0.2, -0.15) is 0 Å². The number of rotatable bonds is 3. The summed E-state index contributed by atoms with van der Waals surface area (Å²) in [6.45, 7) is 8.74. The van der Waals surface area contributed by atoms with E-state index in [0.29, 0.717) is 5.56 Å². The van der Waals surface area contributed by atoms with Crippen LogP contribution in [0.3, 0.4) is 0 Å². The average Bonchev–Trinajstić information content (AvgIpc) is 2.42. The summed E-state index contributed by atoms with van der Waals surface area (Å²) >= 11 is 0. The Balaban J connectivity index is 0. The molecule has 0 saturated heterocycles. The number of benzene rings is 1. The van der Waals surface area contributed by atoms with Crippen LogP contribution in [0.2, 0.25) is 0 Å². The lowest BCUT2D eigenvalue weighted by atomic mass is 10.1. The van der Waals surface area contributed by atoms with Gasteiger partial charge >= 0.3 is 5.97 Å². The van der Waals surface area contributed by atoms with E-state index >= 15 is 0 Å². The number of esters is 1. The van der Waals surface area contributed by atoms with Crippen LogP contribution in [0.1, 0.15) is 43.6 Å². The first kappa shape index (κ1) is 19.0. The van der Waals surface area contributed by atoms with Crippen LogP contribution >= 0.6 is 0 Å². The van der Waals surface area contributed by atoms with E-state index in [4.69, 9.17) is 4.74 Å². The maximum Gasteiger partial charge on any atom is 0.338 e. The Morgan fingerprint density at radius 3 is 2.06 bits per heavy atom. The number of hydrogen-bond donors (Lipinski definition) is 0. The monoisotopic (exact) mass is 253 g/mol. The SMILES string of the molecule is CC.CC.COC(=O)c1ccccc1CN(C)C. The summed E-state index contributed by atoms with van der Waals surface area (Å²) in [5.41, 5.74) is 1.63. The fraction of sp³-hybridized carbons (Fsp3) is 0.533. The Morgan fingerprint density at radius 1 is 1.11 bits per heavy atom. The zero-order chi connectivity index (χ0) is 14.6. The summed E-state index contributed by atoms with van der Waals surface area (Å²) in [4.78, 5) is 13.4. The maximum atomic E-state index is 11.4. The van der Waals surface area contributed by atoms with Crippen molar-refractivity contribution in [3.05, 3.63) is 35.4 Å². The third kappa shape index (κ3) is 7.07. The summed E-state index contributed by atoms with van der Waals surface area (Å²) in [6.07, 6.45) is 0. The van der Waals surface area contributed by atoms with Gasteiger partial charge in [0, 0.05) is 6.54 Å². The Labute approximate surface area is 112 Å². The standard InChI is InChI=1S/C11H15NO2.2C2H6/c1-12(2)8-9-6-4-5-7-10(9)11(13)14-3;2*1-2/h4-7H,8H2,1-3H3;2*1-2H3. The van der Waals surface area contributed by atoms with E-state index in [0.717, 1.165) is 12.1 Å². The highest BCUT2D eigenvalue weighted by atomic mass is 16.5. The molecule has 1 aromatic rings. The normalized spacial score (nSPS) is 8.67. The van der Waals surface area contributed by atoms with Crippen LogP contribution in [-0.4, -0.2) is 32.1 Å². The van der Waals surface area contributed by atoms with Gasteiger partial charge in [-0.25, -0.2) is 4.79 Å². The first-order valence-corrected chi connectivity index (χ1v) is 6.46. The van der Waals surface area contributed by atoms with Crippen molar-refractivity contribution in [2.24, 2.45) is 0 Å². The van der Waals surface area contributed by atoms with Crippen molar-refractivity contribution in [1.82, 2.24) is 4.90 Å². The van der Waals surface area contributed by atoms with Crippen molar-refractivity contribution in [2.75, 3.05) is 21.2 Å². The molecular formula is C15H27NO2. The highest BCUT2D eigenvalue weighted by Crippen LogP contribution is 2.11. The van der Waals surface area contributed by atoms with Crippen molar-refractivity contribution in [3.63, 3.8) is 0 Å². The van der Waals surface area contributed by atoms with Gasteiger partial charge in [-0.05, 0) is 25.7 Å². The minimum atomic E-state index is -0.276. The first-order chi connectivity index (χ1) is 8.65. The van der Waals surface area contributed by atoms with Crippen molar-refractivity contribution < 1.29 is 9.53 Å². The Morgan fingerprint density at radius 2 is 1.61 bits per heavy atom. The molecule has 0 saturated carbocycles. The molecule has 3 nitrogen and oxygen atoms in total. The summed E-state index contributed by atoms with van der Waals surface area (Å²) in [5.74, 6) is -0.276. The van der Waals surface area contributed by atoms with Crippen LogP contribution in [-0.2, 0) is 11.3 Å². The van der Waals surface area contributed by atoms with Crippen LogP contribution < -0.4 is 0 Å². The van der Waals surface area contributed by atoms with Gasteiger partial charge in [-0.3, -0.25) is 0 Å². The molecule has 0 aromatic heterocycles. The van der Waals surface area contributed by atoms with E-state index in [1.807, 2.05) is 64.9 Å². The molecule has 1 aromatic carbocycles. The largest absolute Gasteiger partial charge is 0.465 e. The molecule has 0 heterocycles. The lowest BCUT2D eigenvalue weighted by Gasteiger charge is -2.12. The smallest absolute Gasteiger partial charge is 0.338 e. The quantitative estimate of drug-likeness (QED) is 0.771. The van der Waals surface area contributed by atoms with E-state index in [1.54, 1.807) is 6.07 Å². The van der Waals surface area contributed by atoms with Gasteiger partial charge in [-0.1, -0.05) is 45.9 Å². The highest BCUT2D eigenvalue weighted by Gasteiger charge is 2.10. The third-order valence-electron chi connectivity index (χ3n) is 1.91. The van der Waals surface area contributed by atoms with Crippen molar-refractivity contribution in [2.45, 2.75) is 34.2 Å². The first-order valence-electron chi connectivity index (χ1n) is 6.46. The van der Waals surface area contributed by atoms with Gasteiger partial charge in [0.2, 0.25) is 0 Å². The van der Waals surface area contributed by atoms with Crippen LogP contribution in [0.25, 0.3) is 0 Å². The molecule has 0 N–H and O–H groups in total. The number of hydrogen-bond acceptors (Lipinski definition) is 3. The molecule has 0 bridgehead atoms. The highest BCUT2D eigenvalue weighted by molar-refractivity contribution is 5.90. The summed E-state index contributed by atoms with van der Waals surface area (Å²) < 4.78 is 4.70. The van der Waals surface area contributed by atoms with Crippen LogP contribution in [0, 0.1) is 0 Å². The van der Waals surface area contributed by atoms with Crippen LogP contribution in [0.15, 0.2) is 24.3 Å². The second-order valence-electron chi connectivity index (χ2n) is 3.39. The molecular weight excluding hydrogens is 226 g/mol. The minimum Gasteiger partial charge on any atom is -0.465 e. The molecule has 0 spiro atoms. The molecule has 3 heteroatoms. The maximum absolute atomic E-state index is 11.4. The van der Waals surface area contributed by atoms with Crippen LogP contribution in [0.5, 0.6) is 0 Å². The molecule has 0 aliphatic rings. The number of ether oxygens (including phenoxy) is 1. The Kier molecular flexibility index (Phi) is 12.8. The van der Waals surface area contributed by atoms with E-state index in [1.165, 1.54) is 7.11 Å². The van der Waals surface area contributed by atoms with Crippen LogP contribution in [0.4, 0.5) is 0 Å². The molecule has 18 heavy (non-hydrogen) atoms. The number of carbonyl (C=O) groups is 1. The van der Waals surface area contributed by atoms with Gasteiger partial charge < -0.3 is 9.64 Å². The molecule has 0 radical (unpaired) electrons. The van der Waals surface area contributed by atoms with Crippen molar-refractivity contribution in [3.8, 4) is 0 Å². The van der Waals surface area contributed by atoms with Gasteiger partial charge in [0.25, 0.3) is 0 Å². The Hall–Kier alpha value is -1.35. The average molecular weight is 253 g/mol. The van der Waals surface area contributed by atoms with Crippen molar-refractivity contribution >= 4 is 5.97 Å². The van der Waals surface area contributed by atoms with Crippen molar-refractivity contribution in [1.29, 1.82) is 0 Å². The molecule has 1 rings (SSSR count). The molecule has 0 amide bonds. The molecule has 0 aliphatic carbocycles. The van der Waals surface area contributed by atoms with Gasteiger partial charge in [-0.15, -0.1) is 0 Å². The van der Waals surface area contributed by atoms with Gasteiger partial charge in [0.1, 0.15) is 0 Å². The predicted octanol–water partition coefficient (Wildman–Crippen LogP) is 3.59. The number of methoxy groups -OCH3 is 1. The summed E-state index contributed by atoms with van der Waals surface area (Å²) in [6, 6.07) is 7.48. The molecule has 0 aliphatic heterocycles. The zero-order valence-electron chi connectivity index (χ0n) is 12.8. The topological polar surface area (TPSA) is 29.5 Å². The second-order valence-corrected chi connectivity index (χ2v) is 3.39. The molecule has 0 fully saturated rings. The summed E-state index contributed by atoms with van der Waals surface area (Å²) in [7, 11) is 5.33. The van der Waals surface area contributed by atoms with Gasteiger partial charge in [0.05, 0.1) is 12.7 Å². The third-order valence-corrected chi connectivity index (χ3v) is 1.91. The molecule has 104 valence electrons. The zero-order valence-corrected chi connectivity index (χ0v) is 12.8. The van der Waals surface area contributed by atoms with Gasteiger partial charge in [0.15, 0.2) is 0 Å². The van der Waals surface area contributed by atoms with E-state index < -0.39 is 0 Å². The minimum absolute atomic E-state index is 0.276. The predicted molar refractivity (Wildman–Crippen MR) is 77.9 cm³/mol. The fourth-order valence-corrected chi connectivity index (χ4v) is 1.31. The summed E-state index contributed by atoms with van der Waals surface area (Å²) in [5, 5.41) is 0. The van der Waals surface area contributed by atoms with E-state index in [2.05, 4.69) is 0 Å². The van der Waals surface area contributed by atoms with E-state index in [9.17, 15) is 4.79 Å². The molecule has 0 atom stereocenters. The van der Waals surface area contributed by atoms with E-state index in [-0.39, 0.29) is 5.97 Å². The molecule has 0 unspecified atom stereocenters. The second kappa shape index (κ2) is 12.1.